The molecule has 1 rings (SSSR count). The third-order valence-electron chi connectivity index (χ3n) is 3.59. The lowest BCUT2D eigenvalue weighted by Gasteiger charge is -2.36. The fourth-order valence-electron chi connectivity index (χ4n) is 2.28. The second-order valence-electron chi connectivity index (χ2n) is 5.53. The van der Waals surface area contributed by atoms with Gasteiger partial charge in [0.1, 0.15) is 0 Å². The first-order valence-electron chi connectivity index (χ1n) is 7.22. The van der Waals surface area contributed by atoms with Crippen molar-refractivity contribution in [2.75, 3.05) is 26.2 Å². The van der Waals surface area contributed by atoms with Gasteiger partial charge in [0.25, 0.3) is 0 Å². The topological polar surface area (TPSA) is 24.5 Å². The van der Waals surface area contributed by atoms with Gasteiger partial charge in [-0.2, -0.15) is 0 Å². The van der Waals surface area contributed by atoms with Crippen LogP contribution in [0.1, 0.15) is 47.0 Å². The highest BCUT2D eigenvalue weighted by Gasteiger charge is 2.22. The molecule has 1 aliphatic rings. The summed E-state index contributed by atoms with van der Waals surface area (Å²) in [4.78, 5) is 2.51. The van der Waals surface area contributed by atoms with E-state index in [0.29, 0.717) is 18.2 Å². The minimum Gasteiger partial charge on any atom is -0.374 e. The molecule has 0 aromatic carbocycles. The maximum Gasteiger partial charge on any atom is 0.0826 e. The maximum atomic E-state index is 5.81. The van der Waals surface area contributed by atoms with Gasteiger partial charge in [-0.25, -0.2) is 0 Å². The Morgan fingerprint density at radius 1 is 1.35 bits per heavy atom. The average molecular weight is 242 g/mol. The Balaban J connectivity index is 2.18. The molecule has 1 heterocycles. The van der Waals surface area contributed by atoms with Gasteiger partial charge in [-0.15, -0.1) is 0 Å². The monoisotopic (exact) mass is 242 g/mol. The van der Waals surface area contributed by atoms with E-state index in [4.69, 9.17) is 4.74 Å². The predicted octanol–water partition coefficient (Wildman–Crippen LogP) is 2.26. The SMILES string of the molecule is CCCCC(C)NCC1CN(C(C)C)CCO1. The van der Waals surface area contributed by atoms with Crippen molar-refractivity contribution in [3.63, 3.8) is 0 Å². The van der Waals surface area contributed by atoms with Crippen molar-refractivity contribution in [1.29, 1.82) is 0 Å². The van der Waals surface area contributed by atoms with Crippen LogP contribution in [0, 0.1) is 0 Å². The maximum absolute atomic E-state index is 5.81. The number of hydrogen-bond acceptors (Lipinski definition) is 3. The molecule has 0 aromatic heterocycles. The molecule has 0 aromatic rings. The largest absolute Gasteiger partial charge is 0.374 e. The zero-order valence-corrected chi connectivity index (χ0v) is 12.0. The molecule has 0 amide bonds. The lowest BCUT2D eigenvalue weighted by molar-refractivity contribution is -0.0380. The number of rotatable bonds is 7. The van der Waals surface area contributed by atoms with E-state index in [1.165, 1.54) is 19.3 Å². The van der Waals surface area contributed by atoms with Crippen molar-refractivity contribution >= 4 is 0 Å². The van der Waals surface area contributed by atoms with E-state index >= 15 is 0 Å². The van der Waals surface area contributed by atoms with Gasteiger partial charge in [0.15, 0.2) is 0 Å². The van der Waals surface area contributed by atoms with Crippen LogP contribution < -0.4 is 5.32 Å². The van der Waals surface area contributed by atoms with E-state index in [1.807, 2.05) is 0 Å². The third kappa shape index (κ3) is 5.84. The van der Waals surface area contributed by atoms with Crippen molar-refractivity contribution in [3.05, 3.63) is 0 Å². The highest BCUT2D eigenvalue weighted by molar-refractivity contribution is 4.76. The molecule has 3 nitrogen and oxygen atoms in total. The molecule has 0 saturated carbocycles. The van der Waals surface area contributed by atoms with Crippen LogP contribution in [0.2, 0.25) is 0 Å². The smallest absolute Gasteiger partial charge is 0.0826 e. The summed E-state index contributed by atoms with van der Waals surface area (Å²) in [6, 6.07) is 1.26. The standard InChI is InChI=1S/C14H30N2O/c1-5-6-7-13(4)15-10-14-11-16(12(2)3)8-9-17-14/h12-15H,5-11H2,1-4H3. The molecule has 0 spiro atoms. The zero-order valence-electron chi connectivity index (χ0n) is 12.0. The van der Waals surface area contributed by atoms with Crippen molar-refractivity contribution in [2.24, 2.45) is 0 Å². The van der Waals surface area contributed by atoms with Crippen molar-refractivity contribution in [1.82, 2.24) is 10.2 Å². The summed E-state index contributed by atoms with van der Waals surface area (Å²) in [5.41, 5.74) is 0. The first-order chi connectivity index (χ1) is 8.13. The van der Waals surface area contributed by atoms with Crippen LogP contribution in [-0.2, 0) is 4.74 Å². The van der Waals surface area contributed by atoms with Crippen LogP contribution >= 0.6 is 0 Å². The number of ether oxygens (including phenoxy) is 1. The first-order valence-corrected chi connectivity index (χ1v) is 7.22. The summed E-state index contributed by atoms with van der Waals surface area (Å²) >= 11 is 0. The minimum atomic E-state index is 0.371. The number of morpholine rings is 1. The van der Waals surface area contributed by atoms with E-state index in [1.54, 1.807) is 0 Å². The fourth-order valence-corrected chi connectivity index (χ4v) is 2.28. The molecule has 2 atom stereocenters. The molecule has 1 aliphatic heterocycles. The third-order valence-corrected chi connectivity index (χ3v) is 3.59. The molecule has 0 radical (unpaired) electrons. The molecule has 0 aliphatic carbocycles. The fraction of sp³-hybridized carbons (Fsp3) is 1.00. The van der Waals surface area contributed by atoms with Crippen LogP contribution in [-0.4, -0.2) is 49.3 Å². The van der Waals surface area contributed by atoms with E-state index in [2.05, 4.69) is 37.9 Å². The summed E-state index contributed by atoms with van der Waals surface area (Å²) in [7, 11) is 0. The quantitative estimate of drug-likeness (QED) is 0.741. The van der Waals surface area contributed by atoms with Crippen LogP contribution in [0.15, 0.2) is 0 Å². The van der Waals surface area contributed by atoms with E-state index in [0.717, 1.165) is 26.2 Å². The van der Waals surface area contributed by atoms with Gasteiger partial charge >= 0.3 is 0 Å². The van der Waals surface area contributed by atoms with Crippen molar-refractivity contribution in [3.8, 4) is 0 Å². The highest BCUT2D eigenvalue weighted by atomic mass is 16.5. The average Bonchev–Trinajstić information content (AvgIpc) is 2.34. The van der Waals surface area contributed by atoms with Gasteiger partial charge in [0.2, 0.25) is 0 Å². The molecule has 1 N–H and O–H groups in total. The normalized spacial score (nSPS) is 24.2. The number of hydrogen-bond donors (Lipinski definition) is 1. The summed E-state index contributed by atoms with van der Waals surface area (Å²) in [5.74, 6) is 0. The zero-order chi connectivity index (χ0) is 12.7. The highest BCUT2D eigenvalue weighted by Crippen LogP contribution is 2.08. The molecule has 102 valence electrons. The van der Waals surface area contributed by atoms with Gasteiger partial charge in [-0.3, -0.25) is 4.90 Å². The van der Waals surface area contributed by atoms with Crippen LogP contribution in [0.4, 0.5) is 0 Å². The lowest BCUT2D eigenvalue weighted by Crippen LogP contribution is -2.49. The van der Waals surface area contributed by atoms with Gasteiger partial charge in [-0.05, 0) is 27.2 Å². The Kier molecular flexibility index (Phi) is 7.09. The number of nitrogens with one attached hydrogen (secondary N) is 1. The second-order valence-corrected chi connectivity index (χ2v) is 5.53. The molecule has 0 bridgehead atoms. The second kappa shape index (κ2) is 8.06. The van der Waals surface area contributed by atoms with Crippen LogP contribution in [0.25, 0.3) is 0 Å². The van der Waals surface area contributed by atoms with Crippen molar-refractivity contribution in [2.45, 2.75) is 65.1 Å². The summed E-state index contributed by atoms with van der Waals surface area (Å²) in [5, 5.41) is 3.59. The Labute approximate surface area is 107 Å². The minimum absolute atomic E-state index is 0.371. The van der Waals surface area contributed by atoms with Crippen LogP contribution in [0.5, 0.6) is 0 Å². The van der Waals surface area contributed by atoms with E-state index in [-0.39, 0.29) is 0 Å². The first kappa shape index (κ1) is 14.9. The van der Waals surface area contributed by atoms with Gasteiger partial charge in [-0.1, -0.05) is 19.8 Å². The Hall–Kier alpha value is -0.120. The van der Waals surface area contributed by atoms with Gasteiger partial charge < -0.3 is 10.1 Å². The number of nitrogens with zero attached hydrogens (tertiary/aromatic N) is 1. The van der Waals surface area contributed by atoms with E-state index < -0.39 is 0 Å². The molecular formula is C14H30N2O. The molecule has 17 heavy (non-hydrogen) atoms. The van der Waals surface area contributed by atoms with Gasteiger partial charge in [0.05, 0.1) is 12.7 Å². The summed E-state index contributed by atoms with van der Waals surface area (Å²) in [6.45, 7) is 13.1. The predicted molar refractivity (Wildman–Crippen MR) is 73.4 cm³/mol. The summed E-state index contributed by atoms with van der Waals surface area (Å²) < 4.78 is 5.81. The molecule has 1 fully saturated rings. The Morgan fingerprint density at radius 2 is 2.12 bits per heavy atom. The van der Waals surface area contributed by atoms with E-state index in [9.17, 15) is 0 Å². The Morgan fingerprint density at radius 3 is 2.76 bits per heavy atom. The molecule has 3 heteroatoms. The van der Waals surface area contributed by atoms with Gasteiger partial charge in [0, 0.05) is 31.7 Å². The molecular weight excluding hydrogens is 212 g/mol. The number of unbranched alkanes of at least 4 members (excludes halogenated alkanes) is 1. The Bertz CT molecular complexity index is 197. The molecule has 2 unspecified atom stereocenters. The van der Waals surface area contributed by atoms with Crippen LogP contribution in [0.3, 0.4) is 0 Å². The van der Waals surface area contributed by atoms with Crippen molar-refractivity contribution < 1.29 is 4.74 Å². The molecule has 1 saturated heterocycles. The lowest BCUT2D eigenvalue weighted by atomic mass is 10.1. The summed E-state index contributed by atoms with van der Waals surface area (Å²) in [6.07, 6.45) is 4.25.